The number of likely N-dealkylation sites (tertiary alicyclic amines) is 1. The molecule has 7 nitrogen and oxygen atoms in total. The molecule has 4 N–H and O–H groups in total. The average Bonchev–Trinajstić information content (AvgIpc) is 2.87. The number of piperidine rings is 1. The molecule has 1 fully saturated rings. The summed E-state index contributed by atoms with van der Waals surface area (Å²) in [6.45, 7) is 6.76. The van der Waals surface area contributed by atoms with Crippen LogP contribution in [0.1, 0.15) is 50.8 Å². The summed E-state index contributed by atoms with van der Waals surface area (Å²) in [6, 6.07) is 18.1. The largest absolute Gasteiger partial charge is 0.348 e. The Morgan fingerprint density at radius 3 is 2.06 bits per heavy atom. The zero-order chi connectivity index (χ0) is 25.4. The SMILES string of the molecule is CC(NC(=O)[C@H](NC(=O)C1CCN(C(=O)[C@H](N)Cc2ccccc2)CC1)C(C)C)c1ccccc1. The van der Waals surface area contributed by atoms with E-state index in [0.29, 0.717) is 32.4 Å². The lowest BCUT2D eigenvalue weighted by Gasteiger charge is -2.34. The van der Waals surface area contributed by atoms with Gasteiger partial charge in [-0.15, -0.1) is 0 Å². The highest BCUT2D eigenvalue weighted by Gasteiger charge is 2.32. The van der Waals surface area contributed by atoms with Crippen molar-refractivity contribution in [2.75, 3.05) is 13.1 Å². The number of hydrogen-bond acceptors (Lipinski definition) is 4. The molecule has 3 rings (SSSR count). The predicted octanol–water partition coefficient (Wildman–Crippen LogP) is 2.81. The zero-order valence-electron chi connectivity index (χ0n) is 20.9. The summed E-state index contributed by atoms with van der Waals surface area (Å²) in [5.74, 6) is -0.692. The van der Waals surface area contributed by atoms with Gasteiger partial charge in [0.05, 0.1) is 12.1 Å². The average molecular weight is 479 g/mol. The van der Waals surface area contributed by atoms with Crippen molar-refractivity contribution in [3.8, 4) is 0 Å². The molecule has 2 aromatic rings. The van der Waals surface area contributed by atoms with Gasteiger partial charge < -0.3 is 21.3 Å². The zero-order valence-corrected chi connectivity index (χ0v) is 20.9. The summed E-state index contributed by atoms with van der Waals surface area (Å²) >= 11 is 0. The lowest BCUT2D eigenvalue weighted by Crippen LogP contribution is -2.53. The van der Waals surface area contributed by atoms with Crippen LogP contribution in [0.25, 0.3) is 0 Å². The van der Waals surface area contributed by atoms with Gasteiger partial charge in [-0.25, -0.2) is 0 Å². The predicted molar refractivity (Wildman–Crippen MR) is 137 cm³/mol. The van der Waals surface area contributed by atoms with Crippen LogP contribution in [-0.4, -0.2) is 47.8 Å². The Balaban J connectivity index is 1.50. The number of hydrogen-bond donors (Lipinski definition) is 3. The third kappa shape index (κ3) is 7.39. The van der Waals surface area contributed by atoms with Crippen molar-refractivity contribution in [3.63, 3.8) is 0 Å². The Morgan fingerprint density at radius 2 is 1.49 bits per heavy atom. The van der Waals surface area contributed by atoms with E-state index in [1.165, 1.54) is 0 Å². The number of benzene rings is 2. The van der Waals surface area contributed by atoms with Gasteiger partial charge in [0.25, 0.3) is 0 Å². The molecule has 35 heavy (non-hydrogen) atoms. The molecule has 0 spiro atoms. The lowest BCUT2D eigenvalue weighted by molar-refractivity contribution is -0.137. The molecule has 1 unspecified atom stereocenters. The second-order valence-electron chi connectivity index (χ2n) is 9.77. The molecule has 7 heteroatoms. The Bertz CT molecular complexity index is 972. The maximum atomic E-state index is 13.0. The fourth-order valence-corrected chi connectivity index (χ4v) is 4.49. The van der Waals surface area contributed by atoms with Gasteiger partial charge in [-0.05, 0) is 43.2 Å². The van der Waals surface area contributed by atoms with Crippen LogP contribution in [0.5, 0.6) is 0 Å². The van der Waals surface area contributed by atoms with Gasteiger partial charge in [-0.1, -0.05) is 74.5 Å². The molecular weight excluding hydrogens is 440 g/mol. The normalized spacial score (nSPS) is 16.9. The summed E-state index contributed by atoms with van der Waals surface area (Å²) in [5, 5.41) is 5.98. The summed E-state index contributed by atoms with van der Waals surface area (Å²) < 4.78 is 0. The molecular formula is C28H38N4O3. The molecule has 0 aliphatic carbocycles. The van der Waals surface area contributed by atoms with Crippen molar-refractivity contribution >= 4 is 17.7 Å². The van der Waals surface area contributed by atoms with Crippen molar-refractivity contribution in [1.82, 2.24) is 15.5 Å². The van der Waals surface area contributed by atoms with Crippen LogP contribution >= 0.6 is 0 Å². The Morgan fingerprint density at radius 1 is 0.914 bits per heavy atom. The van der Waals surface area contributed by atoms with E-state index >= 15 is 0 Å². The van der Waals surface area contributed by atoms with E-state index in [-0.39, 0.29) is 35.6 Å². The number of nitrogens with one attached hydrogen (secondary N) is 2. The molecule has 3 atom stereocenters. The number of carbonyl (C=O) groups is 3. The number of amides is 3. The molecule has 0 saturated carbocycles. The van der Waals surface area contributed by atoms with Crippen molar-refractivity contribution in [1.29, 1.82) is 0 Å². The molecule has 0 bridgehead atoms. The summed E-state index contributed by atoms with van der Waals surface area (Å²) in [4.78, 5) is 40.5. The molecule has 0 radical (unpaired) electrons. The molecule has 1 aliphatic rings. The fourth-order valence-electron chi connectivity index (χ4n) is 4.49. The van der Waals surface area contributed by atoms with Crippen LogP contribution in [-0.2, 0) is 20.8 Å². The quantitative estimate of drug-likeness (QED) is 0.515. The van der Waals surface area contributed by atoms with Crippen molar-refractivity contribution in [3.05, 3.63) is 71.8 Å². The highest BCUT2D eigenvalue weighted by molar-refractivity contribution is 5.89. The maximum Gasteiger partial charge on any atom is 0.243 e. The topological polar surface area (TPSA) is 105 Å². The van der Waals surface area contributed by atoms with Gasteiger partial charge in [0.2, 0.25) is 17.7 Å². The van der Waals surface area contributed by atoms with Crippen LogP contribution in [0.15, 0.2) is 60.7 Å². The van der Waals surface area contributed by atoms with Gasteiger partial charge in [-0.3, -0.25) is 14.4 Å². The first-order valence-electron chi connectivity index (χ1n) is 12.5. The second kappa shape index (κ2) is 12.5. The molecule has 3 amide bonds. The highest BCUT2D eigenvalue weighted by Crippen LogP contribution is 2.20. The fraction of sp³-hybridized carbons (Fsp3) is 0.464. The Hall–Kier alpha value is -3.19. The second-order valence-corrected chi connectivity index (χ2v) is 9.77. The van der Waals surface area contributed by atoms with Crippen LogP contribution in [0, 0.1) is 11.8 Å². The summed E-state index contributed by atoms with van der Waals surface area (Å²) in [5.41, 5.74) is 8.21. The van der Waals surface area contributed by atoms with E-state index in [1.54, 1.807) is 4.90 Å². The number of nitrogens with zero attached hydrogens (tertiary/aromatic N) is 1. The Labute approximate surface area is 208 Å². The van der Waals surface area contributed by atoms with Crippen molar-refractivity contribution in [2.45, 2.75) is 58.2 Å². The van der Waals surface area contributed by atoms with Gasteiger partial charge in [-0.2, -0.15) is 0 Å². The van der Waals surface area contributed by atoms with E-state index < -0.39 is 12.1 Å². The van der Waals surface area contributed by atoms with E-state index in [0.717, 1.165) is 11.1 Å². The van der Waals surface area contributed by atoms with E-state index in [9.17, 15) is 14.4 Å². The first-order chi connectivity index (χ1) is 16.8. The van der Waals surface area contributed by atoms with Gasteiger partial charge in [0.1, 0.15) is 6.04 Å². The molecule has 0 aromatic heterocycles. The van der Waals surface area contributed by atoms with Gasteiger partial charge >= 0.3 is 0 Å². The minimum absolute atomic E-state index is 0.0559. The lowest BCUT2D eigenvalue weighted by atomic mass is 9.93. The van der Waals surface area contributed by atoms with Crippen LogP contribution in [0.3, 0.4) is 0 Å². The molecule has 2 aromatic carbocycles. The molecule has 1 saturated heterocycles. The maximum absolute atomic E-state index is 13.0. The van der Waals surface area contributed by atoms with Crippen LogP contribution < -0.4 is 16.4 Å². The van der Waals surface area contributed by atoms with E-state index in [2.05, 4.69) is 10.6 Å². The van der Waals surface area contributed by atoms with Crippen LogP contribution in [0.2, 0.25) is 0 Å². The monoisotopic (exact) mass is 478 g/mol. The Kier molecular flexibility index (Phi) is 9.43. The van der Waals surface area contributed by atoms with E-state index in [4.69, 9.17) is 5.73 Å². The van der Waals surface area contributed by atoms with Crippen molar-refractivity contribution in [2.24, 2.45) is 17.6 Å². The van der Waals surface area contributed by atoms with Crippen molar-refractivity contribution < 1.29 is 14.4 Å². The number of rotatable bonds is 9. The first kappa shape index (κ1) is 26.4. The third-order valence-corrected chi connectivity index (χ3v) is 6.70. The molecule has 1 heterocycles. The van der Waals surface area contributed by atoms with E-state index in [1.807, 2.05) is 81.4 Å². The third-order valence-electron chi connectivity index (χ3n) is 6.70. The minimum Gasteiger partial charge on any atom is -0.348 e. The van der Waals surface area contributed by atoms with Crippen LogP contribution in [0.4, 0.5) is 0 Å². The molecule has 1 aliphatic heterocycles. The number of carbonyl (C=O) groups excluding carboxylic acids is 3. The van der Waals surface area contributed by atoms with Gasteiger partial charge in [0, 0.05) is 19.0 Å². The summed E-state index contributed by atoms with van der Waals surface area (Å²) in [6.07, 6.45) is 1.61. The van der Waals surface area contributed by atoms with Gasteiger partial charge in [0.15, 0.2) is 0 Å². The standard InChI is InChI=1S/C28H38N4O3/c1-19(2)25(27(34)30-20(3)22-12-8-5-9-13-22)31-26(33)23-14-16-32(17-15-23)28(35)24(29)18-21-10-6-4-7-11-21/h4-13,19-20,23-25H,14-18,29H2,1-3H3,(H,30,34)(H,31,33)/t20?,24-,25-/m1/s1. The highest BCUT2D eigenvalue weighted by atomic mass is 16.2. The smallest absolute Gasteiger partial charge is 0.243 e. The number of nitrogens with two attached hydrogens (primary N) is 1. The first-order valence-corrected chi connectivity index (χ1v) is 12.5. The summed E-state index contributed by atoms with van der Waals surface area (Å²) in [7, 11) is 0. The molecule has 188 valence electrons. The minimum atomic E-state index is -0.618.